The Labute approximate surface area is 483 Å². The Morgan fingerprint density at radius 1 is 0.462 bits per heavy atom. The van der Waals surface area contributed by atoms with Crippen LogP contribution < -0.4 is 10.2 Å². The van der Waals surface area contributed by atoms with Gasteiger partial charge in [0.15, 0.2) is 0 Å². The maximum absolute atomic E-state index is 13.6. The van der Waals surface area contributed by atoms with Crippen molar-refractivity contribution in [3.05, 3.63) is 72.9 Å². The molecule has 0 spiro atoms. The Kier molecular flexibility index (Phi) is 55.8. The summed E-state index contributed by atoms with van der Waals surface area (Å²) in [7, 11) is 1.17. The molecule has 454 valence electrons. The van der Waals surface area contributed by atoms with Crippen molar-refractivity contribution in [2.45, 2.75) is 309 Å². The van der Waals surface area contributed by atoms with E-state index in [0.29, 0.717) is 23.9 Å². The van der Waals surface area contributed by atoms with Gasteiger partial charge in [-0.2, -0.15) is 0 Å². The van der Waals surface area contributed by atoms with Gasteiger partial charge in [-0.15, -0.1) is 0 Å². The van der Waals surface area contributed by atoms with E-state index in [1.807, 2.05) is 33.3 Å². The van der Waals surface area contributed by atoms with Gasteiger partial charge >= 0.3 is 5.97 Å². The normalized spacial score (nSPS) is 14.1. The molecule has 0 aliphatic rings. The first-order valence-electron chi connectivity index (χ1n) is 32.7. The minimum atomic E-state index is -4.71. The van der Waals surface area contributed by atoms with Crippen molar-refractivity contribution >= 4 is 19.7 Å². The van der Waals surface area contributed by atoms with Crippen LogP contribution in [0, 0.1) is 0 Å². The first kappa shape index (κ1) is 75.5. The number of unbranched alkanes of at least 4 members (excludes halogenated alkanes) is 33. The van der Waals surface area contributed by atoms with Gasteiger partial charge in [-0.05, 0) is 76.7 Å². The molecule has 10 heteroatoms. The maximum atomic E-state index is 13.6. The number of hydrogen-bond donors (Lipinski definition) is 1. The molecule has 0 bridgehead atoms. The smallest absolute Gasteiger partial charge is 0.306 e. The third-order valence-electron chi connectivity index (χ3n) is 14.4. The Balaban J connectivity index is 5.22. The third kappa shape index (κ3) is 58.1. The van der Waals surface area contributed by atoms with Crippen LogP contribution in [0.5, 0.6) is 0 Å². The highest BCUT2D eigenvalue weighted by molar-refractivity contribution is 7.45. The molecule has 0 aromatic heterocycles. The molecule has 1 N–H and O–H groups in total. The van der Waals surface area contributed by atoms with E-state index in [9.17, 15) is 19.0 Å². The molecule has 0 saturated carbocycles. The monoisotopic (exact) mass is 1110 g/mol. The third-order valence-corrected chi connectivity index (χ3v) is 15.4. The van der Waals surface area contributed by atoms with E-state index in [2.05, 4.69) is 86.8 Å². The van der Waals surface area contributed by atoms with Crippen LogP contribution in [0.25, 0.3) is 0 Å². The van der Waals surface area contributed by atoms with Gasteiger partial charge in [0, 0.05) is 12.8 Å². The average Bonchev–Trinajstić information content (AvgIpc) is 3.40. The van der Waals surface area contributed by atoms with Crippen molar-refractivity contribution in [3.63, 3.8) is 0 Å². The lowest BCUT2D eigenvalue weighted by Crippen LogP contribution is -2.47. The summed E-state index contributed by atoms with van der Waals surface area (Å²) in [5.41, 5.74) is 0. The highest BCUT2D eigenvalue weighted by Crippen LogP contribution is 2.38. The summed E-state index contributed by atoms with van der Waals surface area (Å²) in [5.74, 6) is -0.571. The Hall–Kier alpha value is -2.55. The molecule has 0 aromatic rings. The van der Waals surface area contributed by atoms with E-state index < -0.39 is 26.6 Å². The zero-order valence-corrected chi connectivity index (χ0v) is 52.8. The summed E-state index contributed by atoms with van der Waals surface area (Å²) in [6, 6.07) is -0.903. The summed E-state index contributed by atoms with van der Waals surface area (Å²) in [6.07, 6.45) is 74.5. The Morgan fingerprint density at radius 3 is 1.24 bits per heavy atom. The number of allylic oxidation sites excluding steroid dienone is 11. The molecular weight excluding hydrogens is 988 g/mol. The van der Waals surface area contributed by atoms with Gasteiger partial charge in [-0.1, -0.05) is 280 Å². The number of carbonyl (C=O) groups is 2. The van der Waals surface area contributed by atoms with Gasteiger partial charge in [-0.25, -0.2) is 0 Å². The number of nitrogens with zero attached hydrogens (tertiary/aromatic N) is 1. The quantitative estimate of drug-likeness (QED) is 0.0212. The number of carbonyl (C=O) groups excluding carboxylic acids is 2. The first-order chi connectivity index (χ1) is 37.9. The number of phosphoric ester groups is 1. The van der Waals surface area contributed by atoms with Gasteiger partial charge in [0.05, 0.1) is 33.8 Å². The van der Waals surface area contributed by atoms with Crippen LogP contribution in [0.4, 0.5) is 0 Å². The van der Waals surface area contributed by atoms with E-state index in [4.69, 9.17) is 13.8 Å². The molecule has 3 atom stereocenters. The van der Waals surface area contributed by atoms with Gasteiger partial charge < -0.3 is 28.5 Å². The summed E-state index contributed by atoms with van der Waals surface area (Å²) in [4.78, 5) is 40.0. The highest BCUT2D eigenvalue weighted by atomic mass is 31.2. The molecule has 1 amide bonds. The van der Waals surface area contributed by atoms with E-state index in [0.717, 1.165) is 89.9 Å². The molecule has 0 fully saturated rings. The maximum Gasteiger partial charge on any atom is 0.306 e. The van der Waals surface area contributed by atoms with Crippen molar-refractivity contribution in [1.82, 2.24) is 5.32 Å². The number of esters is 1. The molecule has 9 nitrogen and oxygen atoms in total. The minimum absolute atomic E-state index is 0.0287. The van der Waals surface area contributed by atoms with E-state index in [-0.39, 0.29) is 24.9 Å². The molecule has 0 heterocycles. The summed E-state index contributed by atoms with van der Waals surface area (Å²) in [6.45, 7) is 6.73. The standard InChI is InChI=1S/C68H125N2O7P/c1-7-10-13-16-19-22-25-28-30-32-34-35-37-38-40-42-45-48-51-54-57-60-67(71)69-65(64-76-78(73,74)75-63-62-70(4,5)6)66(59-56-53-50-47-44-27-24-21-18-15-12-9-3)77-68(72)61-58-55-52-49-46-43-41-39-36-33-31-29-26-23-20-17-14-11-8-2/h11,14,20,23,29,31,36,39,43,46,56,59,65-66H,7-10,12-13,15-19,21-22,24-28,30,32-35,37-38,40-42,44-45,47-55,57-58,60-64H2,1-6H3,(H-,69,71,73,74)/b14-11-,23-20-,31-29-,39-36-,46-43-,59-56+. The van der Waals surface area contributed by atoms with Gasteiger partial charge in [0.2, 0.25) is 5.91 Å². The van der Waals surface area contributed by atoms with Gasteiger partial charge in [-0.3, -0.25) is 14.2 Å². The number of rotatable bonds is 59. The number of phosphoric acid groups is 1. The molecule has 0 aliphatic heterocycles. The topological polar surface area (TPSA) is 114 Å². The average molecular weight is 1110 g/mol. The first-order valence-corrected chi connectivity index (χ1v) is 34.2. The molecule has 0 aliphatic carbocycles. The number of ether oxygens (including phenoxy) is 1. The lowest BCUT2D eigenvalue weighted by atomic mass is 10.0. The van der Waals surface area contributed by atoms with Crippen molar-refractivity contribution in [2.24, 2.45) is 0 Å². The van der Waals surface area contributed by atoms with Crippen molar-refractivity contribution in [3.8, 4) is 0 Å². The molecule has 3 unspecified atom stereocenters. The zero-order valence-electron chi connectivity index (χ0n) is 51.9. The largest absolute Gasteiger partial charge is 0.756 e. The van der Waals surface area contributed by atoms with Crippen LogP contribution in [0.2, 0.25) is 0 Å². The fraction of sp³-hybridized carbons (Fsp3) is 0.794. The van der Waals surface area contributed by atoms with Gasteiger partial charge in [0.1, 0.15) is 19.3 Å². The number of likely N-dealkylation sites (N-methyl/N-ethyl adjacent to an activating group) is 1. The second-order valence-corrected chi connectivity index (χ2v) is 24.7. The van der Waals surface area contributed by atoms with Crippen LogP contribution in [-0.4, -0.2) is 69.4 Å². The summed E-state index contributed by atoms with van der Waals surface area (Å²) < 4.78 is 30.3. The highest BCUT2D eigenvalue weighted by Gasteiger charge is 2.27. The number of amides is 1. The van der Waals surface area contributed by atoms with E-state index in [1.54, 1.807) is 0 Å². The van der Waals surface area contributed by atoms with E-state index >= 15 is 0 Å². The molecule has 78 heavy (non-hydrogen) atoms. The minimum Gasteiger partial charge on any atom is -0.756 e. The molecule has 0 aromatic carbocycles. The van der Waals surface area contributed by atoms with Crippen molar-refractivity contribution < 1.29 is 37.3 Å². The summed E-state index contributed by atoms with van der Waals surface area (Å²) in [5, 5.41) is 3.03. The predicted octanol–water partition coefficient (Wildman–Crippen LogP) is 19.8. The van der Waals surface area contributed by atoms with Crippen molar-refractivity contribution in [2.75, 3.05) is 40.9 Å². The SMILES string of the molecule is CC/C=C\C/C=C\C/C=C\C/C=C\C/C=C\CCCCCC(=O)OC(/C=C/CCCCCCCCCCCC)C(COP(=O)([O-])OCC[N+](C)(C)C)NC(=O)CCCCCCCCCCCCCCCCCCCCCCC. The predicted molar refractivity (Wildman–Crippen MR) is 335 cm³/mol. The molecule has 0 rings (SSSR count). The Morgan fingerprint density at radius 2 is 0.821 bits per heavy atom. The number of quaternary nitrogens is 1. The lowest BCUT2D eigenvalue weighted by molar-refractivity contribution is -0.870. The number of hydrogen-bond acceptors (Lipinski definition) is 7. The van der Waals surface area contributed by atoms with E-state index in [1.165, 1.54) is 167 Å². The Bertz CT molecular complexity index is 1570. The zero-order chi connectivity index (χ0) is 57.2. The molecular formula is C68H125N2O7P. The van der Waals surface area contributed by atoms with Crippen LogP contribution in [0.3, 0.4) is 0 Å². The number of nitrogens with one attached hydrogen (secondary N) is 1. The fourth-order valence-electron chi connectivity index (χ4n) is 9.37. The van der Waals surface area contributed by atoms with Gasteiger partial charge in [0.25, 0.3) is 7.82 Å². The molecule has 0 saturated heterocycles. The van der Waals surface area contributed by atoms with Crippen LogP contribution in [-0.2, 0) is 27.9 Å². The van der Waals surface area contributed by atoms with Crippen LogP contribution in [0.1, 0.15) is 297 Å². The molecule has 0 radical (unpaired) electrons. The second kappa shape index (κ2) is 57.7. The fourth-order valence-corrected chi connectivity index (χ4v) is 10.1. The lowest BCUT2D eigenvalue weighted by Gasteiger charge is -2.30. The van der Waals surface area contributed by atoms with Crippen LogP contribution >= 0.6 is 7.82 Å². The van der Waals surface area contributed by atoms with Crippen LogP contribution in [0.15, 0.2) is 72.9 Å². The second-order valence-electron chi connectivity index (χ2n) is 23.2. The summed E-state index contributed by atoms with van der Waals surface area (Å²) >= 11 is 0. The van der Waals surface area contributed by atoms with Crippen molar-refractivity contribution in [1.29, 1.82) is 0 Å².